The zero-order valence-corrected chi connectivity index (χ0v) is 16.6. The predicted octanol–water partition coefficient (Wildman–Crippen LogP) is 2.82. The predicted molar refractivity (Wildman–Crippen MR) is 113 cm³/mol. The Hall–Kier alpha value is -3.72. The number of hydrogen-bond donors (Lipinski definition) is 2. The van der Waals surface area contributed by atoms with Crippen molar-refractivity contribution in [2.45, 2.75) is 12.3 Å². The fourth-order valence-corrected chi connectivity index (χ4v) is 4.52. The molecule has 0 fully saturated rings. The number of aromatic nitrogens is 3. The molecule has 0 spiro atoms. The van der Waals surface area contributed by atoms with E-state index in [0.29, 0.717) is 16.7 Å². The van der Waals surface area contributed by atoms with Gasteiger partial charge in [-0.2, -0.15) is 9.78 Å². The molecule has 3 N–H and O–H groups in total. The molecule has 1 aliphatic rings. The Bertz CT molecular complexity index is 1250. The smallest absolute Gasteiger partial charge is 0.255 e. The number of nitrogens with one attached hydrogen (secondary N) is 1. The molecule has 9 heteroatoms. The van der Waals surface area contributed by atoms with Crippen molar-refractivity contribution in [1.29, 1.82) is 0 Å². The molecule has 3 heterocycles. The molecule has 2 aromatic carbocycles. The van der Waals surface area contributed by atoms with Gasteiger partial charge in [0.15, 0.2) is 6.61 Å². The van der Waals surface area contributed by atoms with Crippen LogP contribution in [0.4, 0.5) is 5.82 Å². The highest BCUT2D eigenvalue weighted by Gasteiger charge is 2.31. The van der Waals surface area contributed by atoms with E-state index in [1.807, 2.05) is 42.5 Å². The third-order valence-electron chi connectivity index (χ3n) is 4.93. The van der Waals surface area contributed by atoms with Gasteiger partial charge < -0.3 is 15.8 Å². The summed E-state index contributed by atoms with van der Waals surface area (Å²) in [5, 5.41) is 8.15. The van der Waals surface area contributed by atoms with Crippen LogP contribution in [-0.4, -0.2) is 33.2 Å². The normalized spacial score (nSPS) is 15.6. The average molecular weight is 419 g/mol. The molecule has 0 saturated heterocycles. The maximum Gasteiger partial charge on any atom is 0.255 e. The number of hydrogen-bond acceptors (Lipinski definition) is 6. The lowest BCUT2D eigenvalue weighted by Crippen LogP contribution is -2.24. The maximum absolute atomic E-state index is 12.5. The molecule has 8 nitrogen and oxygen atoms in total. The first-order valence-corrected chi connectivity index (χ1v) is 10.1. The molecular weight excluding hydrogens is 402 g/mol. The van der Waals surface area contributed by atoms with E-state index in [-0.39, 0.29) is 24.9 Å². The number of nitrogens with two attached hydrogens (primary N) is 1. The van der Waals surface area contributed by atoms with Gasteiger partial charge in [0, 0.05) is 17.9 Å². The Morgan fingerprint density at radius 2 is 2.13 bits per heavy atom. The summed E-state index contributed by atoms with van der Waals surface area (Å²) in [7, 11) is 0. The van der Waals surface area contributed by atoms with Crippen LogP contribution in [0.25, 0.3) is 15.3 Å². The van der Waals surface area contributed by atoms with Crippen LogP contribution in [0.1, 0.15) is 23.5 Å². The maximum atomic E-state index is 12.5. The van der Waals surface area contributed by atoms with E-state index >= 15 is 0 Å². The van der Waals surface area contributed by atoms with Crippen molar-refractivity contribution in [2.75, 3.05) is 11.9 Å². The summed E-state index contributed by atoms with van der Waals surface area (Å²) in [4.78, 5) is 28.1. The topological polar surface area (TPSA) is 112 Å². The minimum Gasteiger partial charge on any atom is -0.484 e. The molecule has 5 rings (SSSR count). The second kappa shape index (κ2) is 7.27. The molecule has 0 unspecified atom stereocenters. The molecule has 1 aliphatic heterocycles. The number of benzene rings is 2. The number of ether oxygens (including phenoxy) is 1. The number of anilines is 1. The fraction of sp³-hybridized carbons (Fsp3) is 0.143. The van der Waals surface area contributed by atoms with Gasteiger partial charge in [0.2, 0.25) is 11.0 Å². The van der Waals surface area contributed by atoms with Crippen LogP contribution >= 0.6 is 11.3 Å². The van der Waals surface area contributed by atoms with E-state index in [1.165, 1.54) is 11.3 Å². The van der Waals surface area contributed by atoms with E-state index in [9.17, 15) is 9.59 Å². The summed E-state index contributed by atoms with van der Waals surface area (Å²) in [6, 6.07) is 15.2. The molecular formula is C21H17N5O3S. The molecule has 4 aromatic rings. The van der Waals surface area contributed by atoms with Crippen molar-refractivity contribution >= 4 is 39.2 Å². The van der Waals surface area contributed by atoms with E-state index < -0.39 is 5.91 Å². The number of primary amides is 1. The fourth-order valence-electron chi connectivity index (χ4n) is 3.59. The molecule has 30 heavy (non-hydrogen) atoms. The van der Waals surface area contributed by atoms with Crippen molar-refractivity contribution in [3.8, 4) is 10.9 Å². The second-order valence-corrected chi connectivity index (χ2v) is 7.97. The highest BCUT2D eigenvalue weighted by atomic mass is 32.1. The summed E-state index contributed by atoms with van der Waals surface area (Å²) in [6.07, 6.45) is 2.06. The van der Waals surface area contributed by atoms with Crippen molar-refractivity contribution < 1.29 is 14.3 Å². The van der Waals surface area contributed by atoms with Crippen LogP contribution < -0.4 is 15.8 Å². The molecule has 0 radical (unpaired) electrons. The number of rotatable bonds is 5. The summed E-state index contributed by atoms with van der Waals surface area (Å²) < 4.78 is 8.15. The zero-order chi connectivity index (χ0) is 20.7. The quantitative estimate of drug-likeness (QED) is 0.517. The van der Waals surface area contributed by atoms with E-state index in [4.69, 9.17) is 10.5 Å². The van der Waals surface area contributed by atoms with Gasteiger partial charge in [0.1, 0.15) is 11.6 Å². The summed E-state index contributed by atoms with van der Waals surface area (Å²) in [5.41, 5.74) is 7.85. The van der Waals surface area contributed by atoms with Gasteiger partial charge in [0.05, 0.1) is 16.4 Å². The minimum atomic E-state index is -0.545. The lowest BCUT2D eigenvalue weighted by Gasteiger charge is -2.23. The molecule has 2 aromatic heterocycles. The first kappa shape index (κ1) is 18.3. The van der Waals surface area contributed by atoms with Gasteiger partial charge in [-0.3, -0.25) is 9.59 Å². The lowest BCUT2D eigenvalue weighted by molar-refractivity contribution is -0.120. The molecule has 0 saturated carbocycles. The zero-order valence-electron chi connectivity index (χ0n) is 15.7. The Morgan fingerprint density at radius 3 is 2.97 bits per heavy atom. The van der Waals surface area contributed by atoms with E-state index in [1.54, 1.807) is 16.9 Å². The van der Waals surface area contributed by atoms with Crippen LogP contribution in [0.15, 0.2) is 54.7 Å². The molecule has 1 atom stereocenters. The van der Waals surface area contributed by atoms with Crippen LogP contribution in [0.5, 0.6) is 5.75 Å². The molecule has 2 amide bonds. The van der Waals surface area contributed by atoms with Crippen molar-refractivity contribution in [2.24, 2.45) is 5.73 Å². The third-order valence-corrected chi connectivity index (χ3v) is 5.94. The standard InChI is InChI=1S/C21H17N5O3S/c22-18(27)11-29-13-5-3-4-12(8-13)14-9-19(28)25-20-15(14)10-23-26(20)21-24-16-6-1-2-7-17(16)30-21/h1-8,10,14H,9,11H2,(H2,22,27)(H,25,28)/t14-/m0/s1. The average Bonchev–Trinajstić information content (AvgIpc) is 3.35. The van der Waals surface area contributed by atoms with Crippen LogP contribution in [0.3, 0.4) is 0 Å². The Balaban J connectivity index is 1.53. The van der Waals surface area contributed by atoms with Gasteiger partial charge in [0.25, 0.3) is 5.91 Å². The minimum absolute atomic E-state index is 0.0983. The number of carbonyl (C=O) groups excluding carboxylic acids is 2. The van der Waals surface area contributed by atoms with Gasteiger partial charge >= 0.3 is 0 Å². The SMILES string of the molecule is NC(=O)COc1cccc([C@@H]2CC(=O)Nc3c2cnn3-c2nc3ccccc3s2)c1. The van der Waals surface area contributed by atoms with E-state index in [2.05, 4.69) is 15.4 Å². The van der Waals surface area contributed by atoms with Crippen LogP contribution in [0.2, 0.25) is 0 Å². The van der Waals surface area contributed by atoms with Crippen LogP contribution in [0, 0.1) is 0 Å². The monoisotopic (exact) mass is 419 g/mol. The van der Waals surface area contributed by atoms with Crippen molar-refractivity contribution in [3.63, 3.8) is 0 Å². The lowest BCUT2D eigenvalue weighted by atomic mass is 9.87. The number of thiazole rings is 1. The third kappa shape index (κ3) is 3.29. The first-order valence-electron chi connectivity index (χ1n) is 9.33. The van der Waals surface area contributed by atoms with Gasteiger partial charge in [-0.1, -0.05) is 35.6 Å². The van der Waals surface area contributed by atoms with Crippen LogP contribution in [-0.2, 0) is 9.59 Å². The number of fused-ring (bicyclic) bond motifs is 2. The van der Waals surface area contributed by atoms with Crippen molar-refractivity contribution in [1.82, 2.24) is 14.8 Å². The van der Waals surface area contributed by atoms with Gasteiger partial charge in [-0.25, -0.2) is 4.98 Å². The number of amides is 2. The number of carbonyl (C=O) groups is 2. The summed E-state index contributed by atoms with van der Waals surface area (Å²) >= 11 is 1.51. The van der Waals surface area contributed by atoms with Gasteiger partial charge in [-0.05, 0) is 29.8 Å². The van der Waals surface area contributed by atoms with Crippen molar-refractivity contribution in [3.05, 3.63) is 65.9 Å². The first-order chi connectivity index (χ1) is 14.6. The highest BCUT2D eigenvalue weighted by molar-refractivity contribution is 7.20. The Morgan fingerprint density at radius 1 is 1.27 bits per heavy atom. The molecule has 0 bridgehead atoms. The number of nitrogens with zero attached hydrogens (tertiary/aromatic N) is 3. The van der Waals surface area contributed by atoms with E-state index in [0.717, 1.165) is 21.3 Å². The number of para-hydroxylation sites is 1. The summed E-state index contributed by atoms with van der Waals surface area (Å²) in [5.74, 6) is 0.320. The molecule has 150 valence electrons. The second-order valence-electron chi connectivity index (χ2n) is 6.96. The highest BCUT2D eigenvalue weighted by Crippen LogP contribution is 2.39. The van der Waals surface area contributed by atoms with Gasteiger partial charge in [-0.15, -0.1) is 0 Å². The Labute approximate surface area is 175 Å². The summed E-state index contributed by atoms with van der Waals surface area (Å²) in [6.45, 7) is -0.199. The Kier molecular flexibility index (Phi) is 4.44. The molecule has 0 aliphatic carbocycles. The largest absolute Gasteiger partial charge is 0.484 e.